The zero-order valence-corrected chi connectivity index (χ0v) is 7.21. The molecule has 64 valence electrons. The summed E-state index contributed by atoms with van der Waals surface area (Å²) < 4.78 is 0. The SMILES string of the molecule is CC(C)C1CNCCN1C=O. The molecular formula is C8H16N2O. The van der Waals surface area contributed by atoms with Gasteiger partial charge in [0.2, 0.25) is 6.41 Å². The van der Waals surface area contributed by atoms with E-state index in [1.807, 2.05) is 4.90 Å². The van der Waals surface area contributed by atoms with Crippen LogP contribution in [-0.2, 0) is 4.79 Å². The molecule has 0 spiro atoms. The number of nitrogens with zero attached hydrogens (tertiary/aromatic N) is 1. The van der Waals surface area contributed by atoms with E-state index in [0.29, 0.717) is 12.0 Å². The third-order valence-corrected chi connectivity index (χ3v) is 2.23. The van der Waals surface area contributed by atoms with Gasteiger partial charge in [-0.1, -0.05) is 13.8 Å². The number of hydrogen-bond acceptors (Lipinski definition) is 2. The van der Waals surface area contributed by atoms with Crippen molar-refractivity contribution in [3.8, 4) is 0 Å². The van der Waals surface area contributed by atoms with Gasteiger partial charge in [-0.15, -0.1) is 0 Å². The van der Waals surface area contributed by atoms with E-state index in [1.165, 1.54) is 0 Å². The van der Waals surface area contributed by atoms with Crippen LogP contribution in [0, 0.1) is 5.92 Å². The zero-order chi connectivity index (χ0) is 8.27. The quantitative estimate of drug-likeness (QED) is 0.574. The molecule has 0 aromatic rings. The molecule has 1 N–H and O–H groups in total. The summed E-state index contributed by atoms with van der Waals surface area (Å²) in [6, 6.07) is 0.390. The molecule has 3 nitrogen and oxygen atoms in total. The summed E-state index contributed by atoms with van der Waals surface area (Å²) >= 11 is 0. The van der Waals surface area contributed by atoms with Crippen LogP contribution in [0.5, 0.6) is 0 Å². The molecule has 1 atom stereocenters. The van der Waals surface area contributed by atoms with Crippen LogP contribution in [0.25, 0.3) is 0 Å². The molecule has 1 heterocycles. The lowest BCUT2D eigenvalue weighted by Crippen LogP contribution is -2.52. The van der Waals surface area contributed by atoms with Crippen molar-refractivity contribution in [1.82, 2.24) is 10.2 Å². The highest BCUT2D eigenvalue weighted by molar-refractivity contribution is 5.48. The van der Waals surface area contributed by atoms with E-state index in [9.17, 15) is 4.79 Å². The molecule has 1 rings (SSSR count). The number of carbonyl (C=O) groups excluding carboxylic acids is 1. The highest BCUT2D eigenvalue weighted by Crippen LogP contribution is 2.10. The fraction of sp³-hybridized carbons (Fsp3) is 0.875. The molecular weight excluding hydrogens is 140 g/mol. The Hall–Kier alpha value is -0.570. The van der Waals surface area contributed by atoms with Crippen LogP contribution in [0.15, 0.2) is 0 Å². The molecule has 1 unspecified atom stereocenters. The van der Waals surface area contributed by atoms with Gasteiger partial charge in [-0.25, -0.2) is 0 Å². The minimum absolute atomic E-state index is 0.390. The molecule has 0 aromatic heterocycles. The van der Waals surface area contributed by atoms with Gasteiger partial charge in [0.1, 0.15) is 0 Å². The second-order valence-electron chi connectivity index (χ2n) is 3.36. The van der Waals surface area contributed by atoms with Crippen LogP contribution in [0.3, 0.4) is 0 Å². The Bertz CT molecular complexity index is 136. The summed E-state index contributed by atoms with van der Waals surface area (Å²) in [5.41, 5.74) is 0. The zero-order valence-electron chi connectivity index (χ0n) is 7.21. The Morgan fingerprint density at radius 2 is 2.36 bits per heavy atom. The number of nitrogens with one attached hydrogen (secondary N) is 1. The lowest BCUT2D eigenvalue weighted by Gasteiger charge is -2.35. The van der Waals surface area contributed by atoms with Crippen LogP contribution in [-0.4, -0.2) is 37.0 Å². The van der Waals surface area contributed by atoms with Crippen LogP contribution in [0.2, 0.25) is 0 Å². The monoisotopic (exact) mass is 156 g/mol. The number of hydrogen-bond donors (Lipinski definition) is 1. The topological polar surface area (TPSA) is 32.3 Å². The molecule has 1 fully saturated rings. The van der Waals surface area contributed by atoms with Gasteiger partial charge < -0.3 is 10.2 Å². The Balaban J connectivity index is 2.51. The minimum Gasteiger partial charge on any atom is -0.339 e. The summed E-state index contributed by atoms with van der Waals surface area (Å²) in [6.45, 7) is 7.02. The number of carbonyl (C=O) groups is 1. The average Bonchev–Trinajstić information content (AvgIpc) is 2.04. The lowest BCUT2D eigenvalue weighted by atomic mass is 10.0. The molecule has 1 amide bonds. The predicted octanol–water partition coefficient (Wildman–Crippen LogP) is 0.0726. The Morgan fingerprint density at radius 1 is 1.64 bits per heavy atom. The van der Waals surface area contributed by atoms with Crippen LogP contribution in [0.4, 0.5) is 0 Å². The number of rotatable bonds is 2. The molecule has 0 saturated carbocycles. The maximum atomic E-state index is 10.6. The van der Waals surface area contributed by atoms with Crippen molar-refractivity contribution in [3.05, 3.63) is 0 Å². The first-order chi connectivity index (χ1) is 5.25. The fourth-order valence-corrected chi connectivity index (χ4v) is 1.49. The molecule has 3 heteroatoms. The largest absolute Gasteiger partial charge is 0.339 e. The third-order valence-electron chi connectivity index (χ3n) is 2.23. The summed E-state index contributed by atoms with van der Waals surface area (Å²) in [7, 11) is 0. The van der Waals surface area contributed by atoms with Crippen molar-refractivity contribution in [1.29, 1.82) is 0 Å². The molecule has 0 bridgehead atoms. The highest BCUT2D eigenvalue weighted by Gasteiger charge is 2.22. The van der Waals surface area contributed by atoms with Crippen LogP contribution >= 0.6 is 0 Å². The van der Waals surface area contributed by atoms with E-state index in [2.05, 4.69) is 19.2 Å². The lowest BCUT2D eigenvalue weighted by molar-refractivity contribution is -0.121. The fourth-order valence-electron chi connectivity index (χ4n) is 1.49. The van der Waals surface area contributed by atoms with Crippen molar-refractivity contribution < 1.29 is 4.79 Å². The van der Waals surface area contributed by atoms with E-state index in [-0.39, 0.29) is 0 Å². The van der Waals surface area contributed by atoms with Gasteiger partial charge in [-0.2, -0.15) is 0 Å². The first-order valence-corrected chi connectivity index (χ1v) is 4.17. The predicted molar refractivity (Wildman–Crippen MR) is 44.3 cm³/mol. The molecule has 1 aliphatic heterocycles. The highest BCUT2D eigenvalue weighted by atomic mass is 16.1. The summed E-state index contributed by atoms with van der Waals surface area (Å²) in [5, 5.41) is 3.28. The van der Waals surface area contributed by atoms with Gasteiger partial charge in [0, 0.05) is 25.7 Å². The van der Waals surface area contributed by atoms with Gasteiger partial charge in [-0.3, -0.25) is 4.79 Å². The summed E-state index contributed by atoms with van der Waals surface area (Å²) in [5.74, 6) is 0.549. The standard InChI is InChI=1S/C8H16N2O/c1-7(2)8-5-9-3-4-10(8)6-11/h6-9H,3-5H2,1-2H3. The van der Waals surface area contributed by atoms with Gasteiger partial charge in [0.15, 0.2) is 0 Å². The first-order valence-electron chi connectivity index (χ1n) is 4.17. The Kier molecular flexibility index (Phi) is 2.88. The van der Waals surface area contributed by atoms with E-state index >= 15 is 0 Å². The Labute approximate surface area is 67.8 Å². The van der Waals surface area contributed by atoms with Crippen LogP contribution in [0.1, 0.15) is 13.8 Å². The number of amides is 1. The van der Waals surface area contributed by atoms with Gasteiger partial charge in [0.05, 0.1) is 0 Å². The van der Waals surface area contributed by atoms with Crippen molar-refractivity contribution >= 4 is 6.41 Å². The van der Waals surface area contributed by atoms with Crippen molar-refractivity contribution in [2.75, 3.05) is 19.6 Å². The van der Waals surface area contributed by atoms with E-state index in [1.54, 1.807) is 0 Å². The molecule has 11 heavy (non-hydrogen) atoms. The van der Waals surface area contributed by atoms with Gasteiger partial charge >= 0.3 is 0 Å². The molecule has 0 aliphatic carbocycles. The third kappa shape index (κ3) is 1.93. The van der Waals surface area contributed by atoms with Crippen LogP contribution < -0.4 is 5.32 Å². The number of piperazine rings is 1. The normalized spacial score (nSPS) is 25.7. The summed E-state index contributed by atoms with van der Waals surface area (Å²) in [4.78, 5) is 12.5. The van der Waals surface area contributed by atoms with Gasteiger partial charge in [0.25, 0.3) is 0 Å². The van der Waals surface area contributed by atoms with Crippen molar-refractivity contribution in [2.24, 2.45) is 5.92 Å². The molecule has 1 saturated heterocycles. The summed E-state index contributed by atoms with van der Waals surface area (Å²) in [6.07, 6.45) is 0.964. The second kappa shape index (κ2) is 3.72. The van der Waals surface area contributed by atoms with E-state index < -0.39 is 0 Å². The minimum atomic E-state index is 0.390. The molecule has 0 radical (unpaired) electrons. The maximum Gasteiger partial charge on any atom is 0.210 e. The second-order valence-corrected chi connectivity index (χ2v) is 3.36. The first kappa shape index (κ1) is 8.53. The van der Waals surface area contributed by atoms with Crippen molar-refractivity contribution in [3.63, 3.8) is 0 Å². The van der Waals surface area contributed by atoms with E-state index in [4.69, 9.17) is 0 Å². The smallest absolute Gasteiger partial charge is 0.210 e. The van der Waals surface area contributed by atoms with Crippen molar-refractivity contribution in [2.45, 2.75) is 19.9 Å². The van der Waals surface area contributed by atoms with E-state index in [0.717, 1.165) is 26.0 Å². The van der Waals surface area contributed by atoms with Gasteiger partial charge in [-0.05, 0) is 5.92 Å². The average molecular weight is 156 g/mol. The Morgan fingerprint density at radius 3 is 2.82 bits per heavy atom. The molecule has 0 aromatic carbocycles. The maximum absolute atomic E-state index is 10.6. The molecule has 1 aliphatic rings.